The molecule has 16 heteroatoms. The van der Waals surface area contributed by atoms with E-state index in [1.54, 1.807) is 6.33 Å². The number of unbranched alkanes of at least 4 members (excludes halogenated alkanes) is 2. The van der Waals surface area contributed by atoms with Crippen molar-refractivity contribution in [2.24, 2.45) is 11.7 Å². The van der Waals surface area contributed by atoms with E-state index < -0.39 is 11.6 Å². The molecule has 2 saturated heterocycles. The molecule has 0 spiro atoms. The molecule has 3 atom stereocenters. The molecule has 2 saturated carbocycles. The van der Waals surface area contributed by atoms with Crippen molar-refractivity contribution < 1.29 is 23.9 Å². The minimum Gasteiger partial charge on any atom is -0.381 e. The summed E-state index contributed by atoms with van der Waals surface area (Å²) >= 11 is 6.22. The van der Waals surface area contributed by atoms with Gasteiger partial charge in [-0.25, -0.2) is 9.97 Å². The Hall–Kier alpha value is -5.09. The second-order valence-electron chi connectivity index (χ2n) is 19.2. The number of amides is 4. The van der Waals surface area contributed by atoms with Crippen molar-refractivity contribution in [1.82, 2.24) is 41.1 Å². The maximum atomic E-state index is 13.8. The molecule has 4 fully saturated rings. The third-order valence-electron chi connectivity index (χ3n) is 14.3. The van der Waals surface area contributed by atoms with Crippen molar-refractivity contribution in [3.63, 3.8) is 0 Å². The molecule has 67 heavy (non-hydrogen) atoms. The summed E-state index contributed by atoms with van der Waals surface area (Å²) in [6.07, 6.45) is 16.7. The summed E-state index contributed by atoms with van der Waals surface area (Å²) in [6.45, 7) is 4.51. The Morgan fingerprint density at radius 3 is 2.48 bits per heavy atom. The standard InChI is InChI=1S/C51H69ClN10O5/c52-40-16-14-35(15-17-40)43(59-50(66)51(53)22-27-61(28-23-51)47-42-20-25-54-46(42)57-34-58-47)21-30-67-29-6-2-5-24-55-49(65)45(36-9-3-1-4-10-36)60-48(64)38-12-7-11-37(31-38)39-13-8-26-62(33-39)44(63)32-56-41-18-19-41/h7,11-12,14-17,20,25,31,34,36,39,41,43,45,56H,1-6,8-10,13,18-19,21-24,26-30,32-33,53H2,(H,55,65)(H,59,66)(H,60,64)(H,54,57,58)/t39?,43-,45+/m0/s1. The zero-order valence-electron chi connectivity index (χ0n) is 38.8. The lowest BCUT2D eigenvalue weighted by Crippen LogP contribution is -2.60. The molecule has 15 nitrogen and oxygen atoms in total. The summed E-state index contributed by atoms with van der Waals surface area (Å²) in [5.41, 5.74) is 9.10. The van der Waals surface area contributed by atoms with Crippen LogP contribution in [0.4, 0.5) is 5.82 Å². The normalized spacial score (nSPS) is 19.7. The van der Waals surface area contributed by atoms with Crippen molar-refractivity contribution in [1.29, 1.82) is 0 Å². The van der Waals surface area contributed by atoms with Crippen LogP contribution < -0.4 is 31.9 Å². The summed E-state index contributed by atoms with van der Waals surface area (Å²) < 4.78 is 6.08. The number of anilines is 1. The number of carbonyl (C=O) groups is 4. The largest absolute Gasteiger partial charge is 0.381 e. The molecule has 4 aliphatic rings. The number of nitrogens with two attached hydrogens (primary N) is 1. The number of aromatic nitrogens is 3. The number of carbonyl (C=O) groups excluding carboxylic acids is 4. The summed E-state index contributed by atoms with van der Waals surface area (Å²) in [6, 6.07) is 16.8. The summed E-state index contributed by atoms with van der Waals surface area (Å²) in [7, 11) is 0. The van der Waals surface area contributed by atoms with E-state index in [0.717, 1.165) is 112 Å². The molecule has 4 aromatic rings. The maximum Gasteiger partial charge on any atom is 0.251 e. The number of benzene rings is 2. The summed E-state index contributed by atoms with van der Waals surface area (Å²) in [5, 5.41) is 14.4. The lowest BCUT2D eigenvalue weighted by molar-refractivity contribution is -0.131. The number of piperidine rings is 2. The molecule has 360 valence electrons. The smallest absolute Gasteiger partial charge is 0.251 e. The highest BCUT2D eigenvalue weighted by molar-refractivity contribution is 6.30. The lowest BCUT2D eigenvalue weighted by atomic mass is 9.83. The van der Waals surface area contributed by atoms with Crippen LogP contribution in [-0.2, 0) is 19.1 Å². The number of nitrogens with one attached hydrogen (secondary N) is 5. The number of fused-ring (bicyclic) bond motifs is 1. The number of nitrogens with zero attached hydrogens (tertiary/aromatic N) is 4. The summed E-state index contributed by atoms with van der Waals surface area (Å²) in [5.74, 6) is 0.698. The van der Waals surface area contributed by atoms with Crippen molar-refractivity contribution in [3.05, 3.63) is 88.8 Å². The highest BCUT2D eigenvalue weighted by atomic mass is 35.5. The van der Waals surface area contributed by atoms with Crippen molar-refractivity contribution >= 4 is 52.1 Å². The Kier molecular flexibility index (Phi) is 16.8. The van der Waals surface area contributed by atoms with Crippen molar-refractivity contribution in [3.8, 4) is 0 Å². The predicted molar refractivity (Wildman–Crippen MR) is 261 cm³/mol. The second-order valence-corrected chi connectivity index (χ2v) is 19.7. The van der Waals surface area contributed by atoms with Crippen LogP contribution in [0.3, 0.4) is 0 Å². The Morgan fingerprint density at radius 1 is 0.881 bits per heavy atom. The third kappa shape index (κ3) is 13.1. The molecule has 0 bridgehead atoms. The molecule has 2 aromatic heterocycles. The Bertz CT molecular complexity index is 2270. The minimum absolute atomic E-state index is 0.0906. The molecule has 2 aliphatic heterocycles. The van der Waals surface area contributed by atoms with Gasteiger partial charge in [0.05, 0.1) is 23.5 Å². The van der Waals surface area contributed by atoms with Gasteiger partial charge in [0.1, 0.15) is 23.8 Å². The average molecular weight is 938 g/mol. The van der Waals surface area contributed by atoms with Crippen LogP contribution in [-0.4, -0.2) is 114 Å². The fourth-order valence-electron chi connectivity index (χ4n) is 10.0. The highest BCUT2D eigenvalue weighted by Gasteiger charge is 2.39. The van der Waals surface area contributed by atoms with Crippen LogP contribution >= 0.6 is 11.6 Å². The van der Waals surface area contributed by atoms with E-state index in [0.29, 0.717) is 81.8 Å². The van der Waals surface area contributed by atoms with E-state index in [9.17, 15) is 19.2 Å². The van der Waals surface area contributed by atoms with E-state index in [-0.39, 0.29) is 41.5 Å². The Balaban J connectivity index is 0.764. The van der Waals surface area contributed by atoms with Crippen LogP contribution in [0.2, 0.25) is 5.02 Å². The van der Waals surface area contributed by atoms with Gasteiger partial charge >= 0.3 is 0 Å². The molecule has 2 aliphatic carbocycles. The van der Waals surface area contributed by atoms with Gasteiger partial charge < -0.3 is 46.5 Å². The number of ether oxygens (including phenoxy) is 1. The molecular weight excluding hydrogens is 868 g/mol. The third-order valence-corrected chi connectivity index (χ3v) is 14.6. The first-order chi connectivity index (χ1) is 32.6. The quantitative estimate of drug-likeness (QED) is 0.0516. The maximum absolute atomic E-state index is 13.8. The van der Waals surface area contributed by atoms with E-state index >= 15 is 0 Å². The van der Waals surface area contributed by atoms with Gasteiger partial charge in [-0.3, -0.25) is 19.2 Å². The van der Waals surface area contributed by atoms with Crippen LogP contribution in [0.1, 0.15) is 130 Å². The van der Waals surface area contributed by atoms with E-state index in [1.807, 2.05) is 59.6 Å². The zero-order valence-corrected chi connectivity index (χ0v) is 39.5. The van der Waals surface area contributed by atoms with Crippen molar-refractivity contribution in [2.45, 2.75) is 126 Å². The molecular formula is C51H69ClN10O5. The first kappa shape index (κ1) is 48.4. The fraction of sp³-hybridized carbons (Fsp3) is 0.569. The highest BCUT2D eigenvalue weighted by Crippen LogP contribution is 2.32. The monoisotopic (exact) mass is 937 g/mol. The molecule has 2 aromatic carbocycles. The van der Waals surface area contributed by atoms with Gasteiger partial charge in [-0.1, -0.05) is 55.1 Å². The number of hydrogen-bond donors (Lipinski definition) is 6. The minimum atomic E-state index is -1.02. The van der Waals surface area contributed by atoms with Crippen LogP contribution in [0.5, 0.6) is 0 Å². The van der Waals surface area contributed by atoms with Gasteiger partial charge in [-0.05, 0) is 124 Å². The fourth-order valence-corrected chi connectivity index (χ4v) is 10.2. The molecule has 7 N–H and O–H groups in total. The number of hydrogen-bond acceptors (Lipinski definition) is 10. The van der Waals surface area contributed by atoms with Gasteiger partial charge in [0.25, 0.3) is 5.91 Å². The van der Waals surface area contributed by atoms with Crippen molar-refractivity contribution in [2.75, 3.05) is 57.4 Å². The number of aromatic amines is 1. The Morgan fingerprint density at radius 2 is 1.69 bits per heavy atom. The first-order valence-electron chi connectivity index (χ1n) is 24.8. The van der Waals surface area contributed by atoms with Gasteiger partial charge in [-0.2, -0.15) is 0 Å². The number of likely N-dealkylation sites (tertiary alicyclic amines) is 1. The van der Waals surface area contributed by atoms with Crippen LogP contribution in [0.25, 0.3) is 11.0 Å². The number of H-pyrrole nitrogens is 1. The van der Waals surface area contributed by atoms with Crippen LogP contribution in [0.15, 0.2) is 67.1 Å². The summed E-state index contributed by atoms with van der Waals surface area (Å²) in [4.78, 5) is 70.4. The average Bonchev–Trinajstić information content (AvgIpc) is 4.07. The van der Waals surface area contributed by atoms with Gasteiger partial charge in [0.15, 0.2) is 0 Å². The Labute approximate surface area is 399 Å². The lowest BCUT2D eigenvalue weighted by Gasteiger charge is -2.39. The number of rotatable bonds is 21. The van der Waals surface area contributed by atoms with Gasteiger partial charge in [0, 0.05) is 74.7 Å². The van der Waals surface area contributed by atoms with Gasteiger partial charge in [0.2, 0.25) is 17.7 Å². The first-order valence-corrected chi connectivity index (χ1v) is 25.2. The van der Waals surface area contributed by atoms with E-state index in [4.69, 9.17) is 22.1 Å². The molecule has 0 radical (unpaired) electrons. The van der Waals surface area contributed by atoms with E-state index in [2.05, 4.69) is 47.2 Å². The molecule has 4 amide bonds. The predicted octanol–water partition coefficient (Wildman–Crippen LogP) is 6.30. The second kappa shape index (κ2) is 23.3. The van der Waals surface area contributed by atoms with E-state index in [1.165, 1.54) is 0 Å². The molecule has 8 rings (SSSR count). The number of halogens is 1. The zero-order chi connectivity index (χ0) is 46.6. The molecule has 4 heterocycles. The topological polar surface area (TPSA) is 200 Å². The van der Waals surface area contributed by atoms with Crippen LogP contribution in [0, 0.1) is 5.92 Å². The molecule has 1 unspecified atom stereocenters. The SMILES string of the molecule is NC1(C(=O)N[C@@H](CCOCCCCCNC(=O)[C@H](NC(=O)c2cccc(C3CCCN(C(=O)CNC4CC4)C3)c2)C2CCCCC2)c2ccc(Cl)cc2)CCN(c2ncnc3[nH]ccc23)CC1. The van der Waals surface area contributed by atoms with Gasteiger partial charge in [-0.15, -0.1) is 0 Å².